The van der Waals surface area contributed by atoms with E-state index in [1.807, 2.05) is 42.5 Å². The SMILES string of the molecule is COc1ccc([C@H](NC(=O)c2ccc(F)cc2F)c2ccccc2)cc1. The van der Waals surface area contributed by atoms with Crippen LogP contribution in [0.25, 0.3) is 0 Å². The summed E-state index contributed by atoms with van der Waals surface area (Å²) in [5.74, 6) is -1.55. The van der Waals surface area contributed by atoms with E-state index >= 15 is 0 Å². The second kappa shape index (κ2) is 7.78. The molecular formula is C21H17F2NO2. The van der Waals surface area contributed by atoms with Gasteiger partial charge in [-0.15, -0.1) is 0 Å². The Kier molecular flexibility index (Phi) is 5.27. The molecule has 0 aromatic heterocycles. The number of halogens is 2. The maximum Gasteiger partial charge on any atom is 0.255 e. The molecule has 0 radical (unpaired) electrons. The van der Waals surface area contributed by atoms with Gasteiger partial charge in [0.25, 0.3) is 5.91 Å². The van der Waals surface area contributed by atoms with E-state index in [4.69, 9.17) is 4.74 Å². The highest BCUT2D eigenvalue weighted by Crippen LogP contribution is 2.25. The van der Waals surface area contributed by atoms with Crippen LogP contribution in [0.15, 0.2) is 72.8 Å². The molecule has 1 N–H and O–H groups in total. The monoisotopic (exact) mass is 353 g/mol. The average Bonchev–Trinajstić information content (AvgIpc) is 2.67. The summed E-state index contributed by atoms with van der Waals surface area (Å²) < 4.78 is 32.2. The Bertz CT molecular complexity index is 896. The van der Waals surface area contributed by atoms with E-state index in [0.29, 0.717) is 11.8 Å². The first kappa shape index (κ1) is 17.6. The van der Waals surface area contributed by atoms with Crippen molar-refractivity contribution in [1.29, 1.82) is 0 Å². The summed E-state index contributed by atoms with van der Waals surface area (Å²) in [6.45, 7) is 0. The minimum Gasteiger partial charge on any atom is -0.497 e. The maximum absolute atomic E-state index is 13.9. The van der Waals surface area contributed by atoms with E-state index in [1.165, 1.54) is 0 Å². The van der Waals surface area contributed by atoms with Crippen LogP contribution in [0.2, 0.25) is 0 Å². The standard InChI is InChI=1S/C21H17F2NO2/c1-26-17-10-7-15(8-11-17)20(14-5-3-2-4-6-14)24-21(25)18-12-9-16(22)13-19(18)23/h2-13,20H,1H3,(H,24,25)/t20-/m1/s1. The Morgan fingerprint density at radius 2 is 1.58 bits per heavy atom. The van der Waals surface area contributed by atoms with E-state index in [2.05, 4.69) is 5.32 Å². The van der Waals surface area contributed by atoms with Crippen molar-refractivity contribution >= 4 is 5.91 Å². The molecular weight excluding hydrogens is 336 g/mol. The van der Waals surface area contributed by atoms with Crippen molar-refractivity contribution in [3.63, 3.8) is 0 Å². The Balaban J connectivity index is 1.94. The van der Waals surface area contributed by atoms with Gasteiger partial charge < -0.3 is 10.1 Å². The smallest absolute Gasteiger partial charge is 0.255 e. The number of hydrogen-bond acceptors (Lipinski definition) is 2. The fourth-order valence-electron chi connectivity index (χ4n) is 2.68. The Labute approximate surface area is 150 Å². The largest absolute Gasteiger partial charge is 0.497 e. The third-order valence-electron chi connectivity index (χ3n) is 4.03. The number of benzene rings is 3. The van der Waals surface area contributed by atoms with Gasteiger partial charge in [-0.3, -0.25) is 4.79 Å². The number of amides is 1. The molecule has 5 heteroatoms. The van der Waals surface area contributed by atoms with Crippen molar-refractivity contribution < 1.29 is 18.3 Å². The molecule has 0 bridgehead atoms. The summed E-state index contributed by atoms with van der Waals surface area (Å²) in [4.78, 5) is 12.6. The van der Waals surface area contributed by atoms with Crippen LogP contribution in [0, 0.1) is 11.6 Å². The highest BCUT2D eigenvalue weighted by atomic mass is 19.1. The van der Waals surface area contributed by atoms with Gasteiger partial charge in [-0.1, -0.05) is 42.5 Å². The molecule has 0 saturated heterocycles. The normalized spacial score (nSPS) is 11.7. The number of rotatable bonds is 5. The third-order valence-corrected chi connectivity index (χ3v) is 4.03. The molecule has 0 aliphatic heterocycles. The Hall–Kier alpha value is -3.21. The van der Waals surface area contributed by atoms with Gasteiger partial charge >= 0.3 is 0 Å². The van der Waals surface area contributed by atoms with Crippen molar-refractivity contribution in [3.05, 3.63) is 101 Å². The Morgan fingerprint density at radius 1 is 0.923 bits per heavy atom. The molecule has 1 atom stereocenters. The fraction of sp³-hybridized carbons (Fsp3) is 0.0952. The average molecular weight is 353 g/mol. The van der Waals surface area contributed by atoms with Gasteiger partial charge in [0.1, 0.15) is 17.4 Å². The summed E-state index contributed by atoms with van der Waals surface area (Å²) in [5.41, 5.74) is 1.45. The molecule has 0 aliphatic rings. The van der Waals surface area contributed by atoms with Crippen LogP contribution in [0.5, 0.6) is 5.75 Å². The van der Waals surface area contributed by atoms with Crippen molar-refractivity contribution in [1.82, 2.24) is 5.32 Å². The second-order valence-electron chi connectivity index (χ2n) is 5.71. The molecule has 26 heavy (non-hydrogen) atoms. The number of hydrogen-bond donors (Lipinski definition) is 1. The lowest BCUT2D eigenvalue weighted by Crippen LogP contribution is -2.30. The van der Waals surface area contributed by atoms with E-state index < -0.39 is 23.6 Å². The molecule has 0 spiro atoms. The van der Waals surface area contributed by atoms with Crippen LogP contribution in [-0.4, -0.2) is 13.0 Å². The minimum absolute atomic E-state index is 0.208. The van der Waals surface area contributed by atoms with Crippen LogP contribution < -0.4 is 10.1 Å². The van der Waals surface area contributed by atoms with Gasteiger partial charge in [-0.25, -0.2) is 8.78 Å². The topological polar surface area (TPSA) is 38.3 Å². The summed E-state index contributed by atoms with van der Waals surface area (Å²) >= 11 is 0. The first-order chi connectivity index (χ1) is 12.6. The molecule has 3 rings (SSSR count). The van der Waals surface area contributed by atoms with Crippen LogP contribution >= 0.6 is 0 Å². The highest BCUT2D eigenvalue weighted by Gasteiger charge is 2.20. The van der Waals surface area contributed by atoms with Gasteiger partial charge in [-0.05, 0) is 35.4 Å². The van der Waals surface area contributed by atoms with Crippen LogP contribution in [-0.2, 0) is 0 Å². The van der Waals surface area contributed by atoms with Crippen LogP contribution in [0.4, 0.5) is 8.78 Å². The molecule has 0 aliphatic carbocycles. The van der Waals surface area contributed by atoms with Gasteiger partial charge in [-0.2, -0.15) is 0 Å². The number of carbonyl (C=O) groups is 1. The molecule has 0 unspecified atom stereocenters. The molecule has 3 nitrogen and oxygen atoms in total. The quantitative estimate of drug-likeness (QED) is 0.734. The summed E-state index contributed by atoms with van der Waals surface area (Å²) in [6.07, 6.45) is 0. The van der Waals surface area contributed by atoms with Crippen LogP contribution in [0.3, 0.4) is 0 Å². The van der Waals surface area contributed by atoms with E-state index in [-0.39, 0.29) is 5.56 Å². The molecule has 0 saturated carbocycles. The number of methoxy groups -OCH3 is 1. The zero-order chi connectivity index (χ0) is 18.5. The Morgan fingerprint density at radius 3 is 2.19 bits per heavy atom. The number of nitrogens with one attached hydrogen (secondary N) is 1. The van der Waals surface area contributed by atoms with Crippen molar-refractivity contribution in [2.75, 3.05) is 7.11 Å². The van der Waals surface area contributed by atoms with Crippen LogP contribution in [0.1, 0.15) is 27.5 Å². The van der Waals surface area contributed by atoms with Gasteiger partial charge in [0.15, 0.2) is 0 Å². The zero-order valence-electron chi connectivity index (χ0n) is 14.1. The van der Waals surface area contributed by atoms with E-state index in [9.17, 15) is 13.6 Å². The number of ether oxygens (including phenoxy) is 1. The van der Waals surface area contributed by atoms with Crippen molar-refractivity contribution in [2.45, 2.75) is 6.04 Å². The third kappa shape index (κ3) is 3.88. The molecule has 0 fully saturated rings. The second-order valence-corrected chi connectivity index (χ2v) is 5.71. The van der Waals surface area contributed by atoms with E-state index in [0.717, 1.165) is 23.3 Å². The maximum atomic E-state index is 13.9. The lowest BCUT2D eigenvalue weighted by molar-refractivity contribution is 0.0939. The van der Waals surface area contributed by atoms with E-state index in [1.54, 1.807) is 19.2 Å². The van der Waals surface area contributed by atoms with Gasteiger partial charge in [0.05, 0.1) is 18.7 Å². The lowest BCUT2D eigenvalue weighted by Gasteiger charge is -2.20. The fourth-order valence-corrected chi connectivity index (χ4v) is 2.68. The highest BCUT2D eigenvalue weighted by molar-refractivity contribution is 5.95. The molecule has 132 valence electrons. The van der Waals surface area contributed by atoms with Crippen molar-refractivity contribution in [3.8, 4) is 5.75 Å². The van der Waals surface area contributed by atoms with Gasteiger partial charge in [0.2, 0.25) is 0 Å². The first-order valence-electron chi connectivity index (χ1n) is 8.03. The lowest BCUT2D eigenvalue weighted by atomic mass is 9.98. The molecule has 0 heterocycles. The number of carbonyl (C=O) groups excluding carboxylic acids is 1. The minimum atomic E-state index is -0.899. The molecule has 3 aromatic rings. The summed E-state index contributed by atoms with van der Waals surface area (Å²) in [7, 11) is 1.57. The van der Waals surface area contributed by atoms with Crippen molar-refractivity contribution in [2.24, 2.45) is 0 Å². The zero-order valence-corrected chi connectivity index (χ0v) is 14.1. The predicted molar refractivity (Wildman–Crippen MR) is 95.1 cm³/mol. The summed E-state index contributed by atoms with van der Waals surface area (Å²) in [5, 5.41) is 2.82. The molecule has 3 aromatic carbocycles. The first-order valence-corrected chi connectivity index (χ1v) is 8.03. The van der Waals surface area contributed by atoms with Gasteiger partial charge in [0, 0.05) is 6.07 Å². The molecule has 1 amide bonds. The summed E-state index contributed by atoms with van der Waals surface area (Å²) in [6, 6.07) is 19.0. The predicted octanol–water partition coefficient (Wildman–Crippen LogP) is 4.49.